The lowest BCUT2D eigenvalue weighted by Crippen LogP contribution is -2.31. The summed E-state index contributed by atoms with van der Waals surface area (Å²) in [5.74, 6) is 1.00. The molecule has 1 aliphatic heterocycles. The van der Waals surface area contributed by atoms with Crippen molar-refractivity contribution < 1.29 is 9.13 Å². The van der Waals surface area contributed by atoms with Gasteiger partial charge in [0.15, 0.2) is 5.82 Å². The smallest absolute Gasteiger partial charge is 0.159 e. The Hall–Kier alpha value is -2.99. The van der Waals surface area contributed by atoms with Gasteiger partial charge in [0.1, 0.15) is 11.6 Å². The molecule has 0 aliphatic carbocycles. The SMILES string of the molecule is COc1ccc(CN2CCc3nc(-c4ccc(N)cc4)ncc3C2)c(F)c1. The third kappa shape index (κ3) is 3.75. The molecule has 2 N–H and O–H groups in total. The van der Waals surface area contributed by atoms with Crippen molar-refractivity contribution in [3.63, 3.8) is 0 Å². The lowest BCUT2D eigenvalue weighted by molar-refractivity contribution is 0.239. The maximum atomic E-state index is 14.2. The van der Waals surface area contributed by atoms with E-state index >= 15 is 0 Å². The van der Waals surface area contributed by atoms with Crippen molar-refractivity contribution in [2.75, 3.05) is 19.4 Å². The number of fused-ring (bicyclic) bond motifs is 1. The van der Waals surface area contributed by atoms with Gasteiger partial charge in [-0.15, -0.1) is 0 Å². The van der Waals surface area contributed by atoms with Crippen LogP contribution in [0.2, 0.25) is 0 Å². The van der Waals surface area contributed by atoms with Gasteiger partial charge in [-0.3, -0.25) is 4.90 Å². The lowest BCUT2D eigenvalue weighted by Gasteiger charge is -2.28. The van der Waals surface area contributed by atoms with E-state index in [0.29, 0.717) is 30.2 Å². The van der Waals surface area contributed by atoms with Crippen LogP contribution < -0.4 is 10.5 Å². The molecule has 0 spiro atoms. The van der Waals surface area contributed by atoms with E-state index in [4.69, 9.17) is 15.5 Å². The predicted molar refractivity (Wildman–Crippen MR) is 103 cm³/mol. The molecule has 0 atom stereocenters. The molecule has 2 heterocycles. The van der Waals surface area contributed by atoms with Crippen molar-refractivity contribution in [2.45, 2.75) is 19.5 Å². The zero-order valence-electron chi connectivity index (χ0n) is 15.2. The highest BCUT2D eigenvalue weighted by Crippen LogP contribution is 2.24. The summed E-state index contributed by atoms with van der Waals surface area (Å²) in [6.45, 7) is 2.09. The monoisotopic (exact) mass is 364 g/mol. The molecule has 0 radical (unpaired) electrons. The van der Waals surface area contributed by atoms with Crippen LogP contribution in [0.1, 0.15) is 16.8 Å². The maximum Gasteiger partial charge on any atom is 0.159 e. The average molecular weight is 364 g/mol. The molecule has 138 valence electrons. The van der Waals surface area contributed by atoms with Crippen LogP contribution in [0.3, 0.4) is 0 Å². The summed E-state index contributed by atoms with van der Waals surface area (Å²) < 4.78 is 19.3. The van der Waals surface area contributed by atoms with Gasteiger partial charge in [0, 0.05) is 60.7 Å². The molecule has 0 saturated carbocycles. The van der Waals surface area contributed by atoms with Gasteiger partial charge in [-0.05, 0) is 30.3 Å². The van der Waals surface area contributed by atoms with Gasteiger partial charge in [0.2, 0.25) is 0 Å². The summed E-state index contributed by atoms with van der Waals surface area (Å²) in [7, 11) is 1.54. The standard InChI is InChI=1S/C21H21FN4O/c1-27-18-7-4-15(19(22)10-18)12-26-9-8-20-16(13-26)11-24-21(25-20)14-2-5-17(23)6-3-14/h2-7,10-11H,8-9,12-13,23H2,1H3. The summed E-state index contributed by atoms with van der Waals surface area (Å²) in [6.07, 6.45) is 2.70. The van der Waals surface area contributed by atoms with Crippen molar-refractivity contribution in [2.24, 2.45) is 0 Å². The summed E-state index contributed by atoms with van der Waals surface area (Å²) >= 11 is 0. The first-order valence-corrected chi connectivity index (χ1v) is 8.88. The number of hydrogen-bond acceptors (Lipinski definition) is 5. The van der Waals surface area contributed by atoms with E-state index < -0.39 is 0 Å². The zero-order valence-corrected chi connectivity index (χ0v) is 15.2. The number of nitrogens with two attached hydrogens (primary N) is 1. The van der Waals surface area contributed by atoms with Crippen LogP contribution in [0, 0.1) is 5.82 Å². The Labute approximate surface area is 157 Å². The van der Waals surface area contributed by atoms with Crippen molar-refractivity contribution >= 4 is 5.69 Å². The molecule has 27 heavy (non-hydrogen) atoms. The molecule has 1 aromatic heterocycles. The molecule has 0 bridgehead atoms. The number of methoxy groups -OCH3 is 1. The normalized spacial score (nSPS) is 14.0. The van der Waals surface area contributed by atoms with E-state index in [9.17, 15) is 4.39 Å². The molecule has 4 rings (SSSR count). The van der Waals surface area contributed by atoms with Crippen molar-refractivity contribution in [3.05, 3.63) is 71.3 Å². The topological polar surface area (TPSA) is 64.3 Å². The predicted octanol–water partition coefficient (Wildman–Crippen LogP) is 3.43. The number of halogens is 1. The number of hydrogen-bond donors (Lipinski definition) is 1. The molecule has 0 unspecified atom stereocenters. The Morgan fingerprint density at radius 3 is 2.74 bits per heavy atom. The number of ether oxygens (including phenoxy) is 1. The van der Waals surface area contributed by atoms with Gasteiger partial charge in [-0.2, -0.15) is 0 Å². The number of rotatable bonds is 4. The molecule has 2 aromatic carbocycles. The van der Waals surface area contributed by atoms with E-state index in [1.165, 1.54) is 13.2 Å². The first kappa shape index (κ1) is 17.4. The second kappa shape index (κ2) is 7.32. The van der Waals surface area contributed by atoms with Gasteiger partial charge >= 0.3 is 0 Å². The fourth-order valence-corrected chi connectivity index (χ4v) is 3.30. The zero-order chi connectivity index (χ0) is 18.8. The summed E-state index contributed by atoms with van der Waals surface area (Å²) in [6, 6.07) is 12.6. The third-order valence-corrected chi connectivity index (χ3v) is 4.84. The minimum Gasteiger partial charge on any atom is -0.497 e. The number of anilines is 1. The highest BCUT2D eigenvalue weighted by atomic mass is 19.1. The minimum atomic E-state index is -0.241. The fourth-order valence-electron chi connectivity index (χ4n) is 3.30. The number of aromatic nitrogens is 2. The van der Waals surface area contributed by atoms with Crippen molar-refractivity contribution in [1.82, 2.24) is 14.9 Å². The van der Waals surface area contributed by atoms with Gasteiger partial charge in [-0.25, -0.2) is 14.4 Å². The van der Waals surface area contributed by atoms with Gasteiger partial charge in [0.05, 0.1) is 12.8 Å². The average Bonchev–Trinajstić information content (AvgIpc) is 2.69. The van der Waals surface area contributed by atoms with Crippen LogP contribution in [-0.2, 0) is 19.5 Å². The summed E-state index contributed by atoms with van der Waals surface area (Å²) in [5, 5.41) is 0. The van der Waals surface area contributed by atoms with Crippen LogP contribution in [0.5, 0.6) is 5.75 Å². The van der Waals surface area contributed by atoms with Crippen LogP contribution in [0.25, 0.3) is 11.4 Å². The fraction of sp³-hybridized carbons (Fsp3) is 0.238. The van der Waals surface area contributed by atoms with Gasteiger partial charge in [-0.1, -0.05) is 6.07 Å². The Morgan fingerprint density at radius 2 is 2.00 bits per heavy atom. The minimum absolute atomic E-state index is 0.241. The van der Waals surface area contributed by atoms with Gasteiger partial charge < -0.3 is 10.5 Å². The van der Waals surface area contributed by atoms with Crippen LogP contribution in [0.4, 0.5) is 10.1 Å². The Bertz CT molecular complexity index is 959. The molecule has 3 aromatic rings. The maximum absolute atomic E-state index is 14.2. The lowest BCUT2D eigenvalue weighted by atomic mass is 10.1. The van der Waals surface area contributed by atoms with Crippen LogP contribution >= 0.6 is 0 Å². The summed E-state index contributed by atoms with van der Waals surface area (Å²) in [5.41, 5.74) is 10.2. The first-order valence-electron chi connectivity index (χ1n) is 8.88. The molecule has 0 amide bonds. The number of nitrogens with zero attached hydrogens (tertiary/aromatic N) is 3. The largest absolute Gasteiger partial charge is 0.497 e. The summed E-state index contributed by atoms with van der Waals surface area (Å²) in [4.78, 5) is 11.4. The molecule has 1 aliphatic rings. The van der Waals surface area contributed by atoms with Crippen molar-refractivity contribution in [3.8, 4) is 17.1 Å². The Kier molecular flexibility index (Phi) is 4.73. The Balaban J connectivity index is 1.49. The van der Waals surface area contributed by atoms with Crippen molar-refractivity contribution in [1.29, 1.82) is 0 Å². The third-order valence-electron chi connectivity index (χ3n) is 4.84. The Morgan fingerprint density at radius 1 is 1.19 bits per heavy atom. The van der Waals surface area contributed by atoms with E-state index in [2.05, 4.69) is 9.88 Å². The number of nitrogen functional groups attached to an aromatic ring is 1. The highest BCUT2D eigenvalue weighted by Gasteiger charge is 2.20. The number of benzene rings is 2. The molecule has 5 nitrogen and oxygen atoms in total. The first-order chi connectivity index (χ1) is 13.1. The van der Waals surface area contributed by atoms with E-state index in [1.54, 1.807) is 12.1 Å². The molecule has 0 saturated heterocycles. The van der Waals surface area contributed by atoms with E-state index in [-0.39, 0.29) is 5.82 Å². The quantitative estimate of drug-likeness (QED) is 0.719. The highest BCUT2D eigenvalue weighted by molar-refractivity contribution is 5.58. The molecule has 6 heteroatoms. The van der Waals surface area contributed by atoms with Crippen LogP contribution in [0.15, 0.2) is 48.7 Å². The molecular weight excluding hydrogens is 343 g/mol. The van der Waals surface area contributed by atoms with E-state index in [1.807, 2.05) is 30.5 Å². The molecule has 0 fully saturated rings. The van der Waals surface area contributed by atoms with Gasteiger partial charge in [0.25, 0.3) is 0 Å². The van der Waals surface area contributed by atoms with Crippen LogP contribution in [-0.4, -0.2) is 28.5 Å². The van der Waals surface area contributed by atoms with E-state index in [0.717, 1.165) is 35.5 Å². The molecular formula is C21H21FN4O. The second-order valence-electron chi connectivity index (χ2n) is 6.71. The second-order valence-corrected chi connectivity index (χ2v) is 6.71.